The number of amides is 2. The van der Waals surface area contributed by atoms with E-state index in [1.54, 1.807) is 24.3 Å². The van der Waals surface area contributed by atoms with Crippen LogP contribution in [0.4, 0.5) is 5.69 Å². The number of nitrogens with zero attached hydrogens (tertiary/aromatic N) is 3. The molecule has 2 N–H and O–H groups in total. The molecular formula is C26H31N5O3S. The minimum atomic E-state index is -0.349. The first kappa shape index (κ1) is 24.8. The highest BCUT2D eigenvalue weighted by Crippen LogP contribution is 2.17. The van der Waals surface area contributed by atoms with Gasteiger partial charge in [0.1, 0.15) is 12.4 Å². The number of para-hydroxylation sites is 1. The number of likely N-dealkylation sites (tertiary alicyclic amines) is 1. The Kier molecular flexibility index (Phi) is 8.80. The van der Waals surface area contributed by atoms with E-state index < -0.39 is 0 Å². The van der Waals surface area contributed by atoms with Crippen LogP contribution in [0, 0.1) is 5.92 Å². The average Bonchev–Trinajstić information content (AvgIpc) is 3.36. The number of aromatic nitrogens is 2. The summed E-state index contributed by atoms with van der Waals surface area (Å²) in [6.07, 6.45) is 3.52. The maximum Gasteiger partial charge on any atom is 0.286 e. The van der Waals surface area contributed by atoms with Gasteiger partial charge in [-0.3, -0.25) is 9.59 Å². The summed E-state index contributed by atoms with van der Waals surface area (Å²) in [7, 11) is 0. The van der Waals surface area contributed by atoms with Gasteiger partial charge in [-0.1, -0.05) is 36.5 Å². The minimum Gasteiger partial charge on any atom is -0.486 e. The summed E-state index contributed by atoms with van der Waals surface area (Å²) in [5.41, 5.74) is 1.15. The Bertz CT molecular complexity index is 1100. The van der Waals surface area contributed by atoms with Crippen LogP contribution in [0.3, 0.4) is 0 Å². The summed E-state index contributed by atoms with van der Waals surface area (Å²) in [5.74, 6) is 1.04. The highest BCUT2D eigenvalue weighted by Gasteiger charge is 2.16. The molecule has 3 aromatic rings. The van der Waals surface area contributed by atoms with Gasteiger partial charge in [0.25, 0.3) is 11.8 Å². The zero-order valence-corrected chi connectivity index (χ0v) is 20.7. The molecule has 0 unspecified atom stereocenters. The second kappa shape index (κ2) is 12.4. The van der Waals surface area contributed by atoms with Crippen molar-refractivity contribution in [3.05, 3.63) is 70.2 Å². The van der Waals surface area contributed by atoms with Crippen LogP contribution in [0.5, 0.6) is 5.75 Å². The van der Waals surface area contributed by atoms with Gasteiger partial charge in [0.2, 0.25) is 5.01 Å². The molecule has 2 amide bonds. The second-order valence-electron chi connectivity index (χ2n) is 8.79. The standard InChI is InChI=1S/C26H31N5O3S/c1-19-7-5-15-31(17-19)16-6-14-27-24(32)20-10-12-21(13-11-20)28-25(33)26-30-29-23(35-26)18-34-22-8-3-2-4-9-22/h2-4,8-13,19H,5-7,14-18H2,1H3,(H,27,32)(H,28,33)/t19-/m1/s1. The van der Waals surface area contributed by atoms with Gasteiger partial charge >= 0.3 is 0 Å². The first-order chi connectivity index (χ1) is 17.1. The summed E-state index contributed by atoms with van der Waals surface area (Å²) in [5, 5.41) is 14.6. The molecule has 184 valence electrons. The lowest BCUT2D eigenvalue weighted by molar-refractivity contribution is 0.0949. The molecule has 0 spiro atoms. The van der Waals surface area contributed by atoms with Crippen LogP contribution >= 0.6 is 11.3 Å². The van der Waals surface area contributed by atoms with Crippen molar-refractivity contribution >= 4 is 28.8 Å². The van der Waals surface area contributed by atoms with E-state index in [1.807, 2.05) is 30.3 Å². The number of carbonyl (C=O) groups is 2. The Balaban J connectivity index is 1.19. The van der Waals surface area contributed by atoms with Crippen LogP contribution in [0.15, 0.2) is 54.6 Å². The SMILES string of the molecule is C[C@@H]1CCCN(CCCNC(=O)c2ccc(NC(=O)c3nnc(COc4ccccc4)s3)cc2)C1. The third kappa shape index (κ3) is 7.60. The van der Waals surface area contributed by atoms with Gasteiger partial charge in [0.15, 0.2) is 5.01 Å². The molecule has 2 heterocycles. The van der Waals surface area contributed by atoms with Gasteiger partial charge < -0.3 is 20.3 Å². The lowest BCUT2D eigenvalue weighted by Crippen LogP contribution is -2.36. The van der Waals surface area contributed by atoms with Crippen molar-refractivity contribution in [1.82, 2.24) is 20.4 Å². The molecule has 0 saturated carbocycles. The third-order valence-electron chi connectivity index (χ3n) is 5.85. The van der Waals surface area contributed by atoms with Gasteiger partial charge in [-0.05, 0) is 74.7 Å². The molecule has 1 saturated heterocycles. The largest absolute Gasteiger partial charge is 0.486 e. The molecule has 1 aromatic heterocycles. The van der Waals surface area contributed by atoms with E-state index in [2.05, 4.69) is 32.7 Å². The number of ether oxygens (including phenoxy) is 1. The monoisotopic (exact) mass is 493 g/mol. The first-order valence-corrected chi connectivity index (χ1v) is 12.8. The molecule has 4 rings (SSSR count). The van der Waals surface area contributed by atoms with Crippen molar-refractivity contribution in [2.24, 2.45) is 5.92 Å². The van der Waals surface area contributed by atoms with Crippen molar-refractivity contribution in [1.29, 1.82) is 0 Å². The Labute approximate surface area is 209 Å². The van der Waals surface area contributed by atoms with E-state index in [0.717, 1.165) is 37.7 Å². The molecule has 1 aliphatic heterocycles. The number of rotatable bonds is 10. The summed E-state index contributed by atoms with van der Waals surface area (Å²) < 4.78 is 5.65. The quantitative estimate of drug-likeness (QED) is 0.411. The highest BCUT2D eigenvalue weighted by atomic mass is 32.1. The summed E-state index contributed by atoms with van der Waals surface area (Å²) >= 11 is 1.18. The van der Waals surface area contributed by atoms with E-state index in [9.17, 15) is 9.59 Å². The Morgan fingerprint density at radius 2 is 1.89 bits per heavy atom. The number of benzene rings is 2. The van der Waals surface area contributed by atoms with E-state index in [1.165, 1.54) is 24.2 Å². The maximum atomic E-state index is 12.5. The Morgan fingerprint density at radius 1 is 1.09 bits per heavy atom. The molecular weight excluding hydrogens is 462 g/mol. The van der Waals surface area contributed by atoms with Crippen molar-refractivity contribution in [3.8, 4) is 5.75 Å². The highest BCUT2D eigenvalue weighted by molar-refractivity contribution is 7.13. The van der Waals surface area contributed by atoms with Crippen LogP contribution in [0.1, 0.15) is 51.4 Å². The molecule has 8 nitrogen and oxygen atoms in total. The fourth-order valence-electron chi connectivity index (χ4n) is 4.05. The maximum absolute atomic E-state index is 12.5. The first-order valence-electron chi connectivity index (χ1n) is 12.0. The van der Waals surface area contributed by atoms with Crippen molar-refractivity contribution < 1.29 is 14.3 Å². The number of nitrogens with one attached hydrogen (secondary N) is 2. The average molecular weight is 494 g/mol. The molecule has 0 radical (unpaired) electrons. The second-order valence-corrected chi connectivity index (χ2v) is 9.85. The van der Waals surface area contributed by atoms with E-state index in [4.69, 9.17) is 4.74 Å². The number of hydrogen-bond acceptors (Lipinski definition) is 7. The van der Waals surface area contributed by atoms with Crippen molar-refractivity contribution in [2.75, 3.05) is 31.5 Å². The minimum absolute atomic E-state index is 0.109. The molecule has 1 fully saturated rings. The lowest BCUT2D eigenvalue weighted by Gasteiger charge is -2.30. The number of carbonyl (C=O) groups excluding carboxylic acids is 2. The van der Waals surface area contributed by atoms with Crippen LogP contribution in [0.25, 0.3) is 0 Å². The molecule has 35 heavy (non-hydrogen) atoms. The summed E-state index contributed by atoms with van der Waals surface area (Å²) in [6, 6.07) is 16.2. The number of hydrogen-bond donors (Lipinski definition) is 2. The fraction of sp³-hybridized carbons (Fsp3) is 0.385. The number of piperidine rings is 1. The van der Waals surface area contributed by atoms with Gasteiger partial charge in [0, 0.05) is 24.3 Å². The molecule has 1 atom stereocenters. The zero-order valence-electron chi connectivity index (χ0n) is 19.9. The zero-order chi connectivity index (χ0) is 24.5. The summed E-state index contributed by atoms with van der Waals surface area (Å²) in [4.78, 5) is 27.4. The molecule has 0 aliphatic carbocycles. The van der Waals surface area contributed by atoms with Crippen molar-refractivity contribution in [2.45, 2.75) is 32.8 Å². The van der Waals surface area contributed by atoms with Crippen LogP contribution < -0.4 is 15.4 Å². The Hall–Kier alpha value is -3.30. The van der Waals surface area contributed by atoms with E-state index in [0.29, 0.717) is 22.8 Å². The predicted molar refractivity (Wildman–Crippen MR) is 137 cm³/mol. The van der Waals surface area contributed by atoms with Gasteiger partial charge in [-0.2, -0.15) is 0 Å². The van der Waals surface area contributed by atoms with Crippen LogP contribution in [0.2, 0.25) is 0 Å². The van der Waals surface area contributed by atoms with Gasteiger partial charge in [0.05, 0.1) is 0 Å². The lowest BCUT2D eigenvalue weighted by atomic mass is 10.0. The summed E-state index contributed by atoms with van der Waals surface area (Å²) in [6.45, 7) is 6.52. The fourth-order valence-corrected chi connectivity index (χ4v) is 4.70. The normalized spacial score (nSPS) is 16.0. The molecule has 0 bridgehead atoms. The molecule has 1 aliphatic rings. The molecule has 9 heteroatoms. The smallest absolute Gasteiger partial charge is 0.286 e. The van der Waals surface area contributed by atoms with E-state index >= 15 is 0 Å². The van der Waals surface area contributed by atoms with Gasteiger partial charge in [-0.25, -0.2) is 0 Å². The third-order valence-corrected chi connectivity index (χ3v) is 6.74. The van der Waals surface area contributed by atoms with Crippen LogP contribution in [-0.2, 0) is 6.61 Å². The van der Waals surface area contributed by atoms with E-state index in [-0.39, 0.29) is 23.4 Å². The molecule has 2 aromatic carbocycles. The predicted octanol–water partition coefficient (Wildman–Crippen LogP) is 4.22. The van der Waals surface area contributed by atoms with Crippen molar-refractivity contribution in [3.63, 3.8) is 0 Å². The Morgan fingerprint density at radius 3 is 2.66 bits per heavy atom. The van der Waals surface area contributed by atoms with Gasteiger partial charge in [-0.15, -0.1) is 10.2 Å². The van der Waals surface area contributed by atoms with Crippen LogP contribution in [-0.4, -0.2) is 53.1 Å². The topological polar surface area (TPSA) is 96.5 Å². The number of anilines is 1.